The fourth-order valence-electron chi connectivity index (χ4n) is 4.63. The van der Waals surface area contributed by atoms with Gasteiger partial charge in [0.2, 0.25) is 0 Å². The lowest BCUT2D eigenvalue weighted by Crippen LogP contribution is -2.48. The number of hydrogen-bond donors (Lipinski definition) is 1. The average Bonchev–Trinajstić information content (AvgIpc) is 3.14. The summed E-state index contributed by atoms with van der Waals surface area (Å²) in [7, 11) is 0. The van der Waals surface area contributed by atoms with Crippen molar-refractivity contribution in [2.24, 2.45) is 0 Å². The van der Waals surface area contributed by atoms with Gasteiger partial charge < -0.3 is 10.2 Å². The molecule has 1 saturated heterocycles. The van der Waals surface area contributed by atoms with Crippen molar-refractivity contribution in [2.45, 2.75) is 13.5 Å². The summed E-state index contributed by atoms with van der Waals surface area (Å²) in [6.07, 6.45) is 0. The fraction of sp³-hybridized carbons (Fsp3) is 0.207. The molecule has 0 saturated carbocycles. The molecule has 0 aliphatic carbocycles. The summed E-state index contributed by atoms with van der Waals surface area (Å²) in [6, 6.07) is 22.1. The average molecular weight is 549 g/mol. The van der Waals surface area contributed by atoms with E-state index in [1.807, 2.05) is 23.1 Å². The Bertz CT molecular complexity index is 1420. The first-order chi connectivity index (χ1) is 18.3. The topological polar surface area (TPSA) is 73.0 Å². The van der Waals surface area contributed by atoms with Crippen LogP contribution in [0.5, 0.6) is 0 Å². The summed E-state index contributed by atoms with van der Waals surface area (Å²) in [5.41, 5.74) is 3.42. The highest BCUT2D eigenvalue weighted by Gasteiger charge is 2.39. The lowest BCUT2D eigenvalue weighted by molar-refractivity contribution is -0.120. The molecule has 9 heteroatoms. The summed E-state index contributed by atoms with van der Waals surface area (Å²) >= 11 is 12.3. The monoisotopic (exact) mass is 548 g/mol. The standard InChI is InChI=1S/C29H26Cl2N4O3/c1-19-7-10-22(30)17-24(19)35-28(37)25(31)26(29(35)38)32-23-11-8-21(9-12-23)27(36)34-15-13-33(14-16-34)18-20-5-3-2-4-6-20/h2-12,17,32H,13-16,18H2,1H3. The number of halogens is 2. The van der Waals surface area contributed by atoms with Crippen molar-refractivity contribution >= 4 is 52.3 Å². The Morgan fingerprint density at radius 2 is 1.55 bits per heavy atom. The van der Waals surface area contributed by atoms with Crippen molar-refractivity contribution in [1.29, 1.82) is 0 Å². The maximum absolute atomic E-state index is 13.1. The van der Waals surface area contributed by atoms with Gasteiger partial charge >= 0.3 is 0 Å². The Labute approximate surface area is 231 Å². The van der Waals surface area contributed by atoms with Gasteiger partial charge in [-0.3, -0.25) is 19.3 Å². The first kappa shape index (κ1) is 26.0. The maximum Gasteiger partial charge on any atom is 0.283 e. The predicted octanol–water partition coefficient (Wildman–Crippen LogP) is 5.04. The molecule has 3 amide bonds. The third-order valence-corrected chi connectivity index (χ3v) is 7.33. The highest BCUT2D eigenvalue weighted by atomic mass is 35.5. The Balaban J connectivity index is 1.21. The van der Waals surface area contributed by atoms with Crippen molar-refractivity contribution < 1.29 is 14.4 Å². The number of imide groups is 1. The molecule has 0 unspecified atom stereocenters. The molecule has 2 aliphatic heterocycles. The third kappa shape index (κ3) is 5.31. The third-order valence-electron chi connectivity index (χ3n) is 6.75. The van der Waals surface area contributed by atoms with Crippen LogP contribution in [0.4, 0.5) is 11.4 Å². The van der Waals surface area contributed by atoms with Crippen LogP contribution in [0.15, 0.2) is 83.5 Å². The molecule has 0 bridgehead atoms. The van der Waals surface area contributed by atoms with Gasteiger partial charge in [-0.05, 0) is 54.4 Å². The number of carbonyl (C=O) groups excluding carboxylic acids is 3. The Kier molecular flexibility index (Phi) is 7.51. The molecule has 2 aliphatic rings. The molecule has 194 valence electrons. The SMILES string of the molecule is Cc1ccc(Cl)cc1N1C(=O)C(Cl)=C(Nc2ccc(C(=O)N3CCN(Cc4ccccc4)CC3)cc2)C1=O. The summed E-state index contributed by atoms with van der Waals surface area (Å²) in [4.78, 5) is 44.2. The maximum atomic E-state index is 13.1. The van der Waals surface area contributed by atoms with E-state index in [1.165, 1.54) is 5.56 Å². The second kappa shape index (κ2) is 11.0. The van der Waals surface area contributed by atoms with E-state index in [9.17, 15) is 14.4 Å². The minimum Gasteiger partial charge on any atom is -0.350 e. The number of amides is 3. The van der Waals surface area contributed by atoms with E-state index in [-0.39, 0.29) is 16.6 Å². The summed E-state index contributed by atoms with van der Waals surface area (Å²) < 4.78 is 0. The van der Waals surface area contributed by atoms with Gasteiger partial charge in [-0.2, -0.15) is 0 Å². The smallest absolute Gasteiger partial charge is 0.283 e. The van der Waals surface area contributed by atoms with Gasteiger partial charge in [0.25, 0.3) is 17.7 Å². The summed E-state index contributed by atoms with van der Waals surface area (Å²) in [5, 5.41) is 3.15. The Morgan fingerprint density at radius 1 is 0.868 bits per heavy atom. The molecule has 2 heterocycles. The molecular weight excluding hydrogens is 523 g/mol. The number of nitrogens with one attached hydrogen (secondary N) is 1. The number of nitrogens with zero attached hydrogens (tertiary/aromatic N) is 3. The zero-order chi connectivity index (χ0) is 26.8. The molecule has 3 aromatic carbocycles. The van der Waals surface area contributed by atoms with Gasteiger partial charge in [-0.1, -0.05) is 59.6 Å². The number of carbonyl (C=O) groups is 3. The van der Waals surface area contributed by atoms with Gasteiger partial charge in [0, 0.05) is 49.0 Å². The van der Waals surface area contributed by atoms with E-state index in [0.29, 0.717) is 40.6 Å². The van der Waals surface area contributed by atoms with Crippen LogP contribution in [0, 0.1) is 6.92 Å². The van der Waals surface area contributed by atoms with Crippen molar-refractivity contribution in [1.82, 2.24) is 9.80 Å². The first-order valence-electron chi connectivity index (χ1n) is 12.3. The number of anilines is 2. The quantitative estimate of drug-likeness (QED) is 0.437. The Hall–Kier alpha value is -3.65. The predicted molar refractivity (Wildman–Crippen MR) is 149 cm³/mol. The molecular formula is C29H26Cl2N4O3. The zero-order valence-electron chi connectivity index (χ0n) is 20.8. The molecule has 5 rings (SSSR count). The first-order valence-corrected chi connectivity index (χ1v) is 13.0. The molecule has 1 fully saturated rings. The molecule has 0 aromatic heterocycles. The number of benzene rings is 3. The van der Waals surface area contributed by atoms with E-state index in [4.69, 9.17) is 23.2 Å². The van der Waals surface area contributed by atoms with E-state index >= 15 is 0 Å². The molecule has 0 atom stereocenters. The number of rotatable bonds is 6. The largest absolute Gasteiger partial charge is 0.350 e. The van der Waals surface area contributed by atoms with Crippen LogP contribution < -0.4 is 10.2 Å². The Morgan fingerprint density at radius 3 is 2.24 bits per heavy atom. The lowest BCUT2D eigenvalue weighted by Gasteiger charge is -2.34. The minimum atomic E-state index is -0.622. The minimum absolute atomic E-state index is 0.0235. The highest BCUT2D eigenvalue weighted by molar-refractivity contribution is 6.53. The van der Waals surface area contributed by atoms with Gasteiger partial charge in [-0.15, -0.1) is 0 Å². The van der Waals surface area contributed by atoms with Crippen LogP contribution >= 0.6 is 23.2 Å². The van der Waals surface area contributed by atoms with E-state index in [1.54, 1.807) is 49.4 Å². The number of aryl methyl sites for hydroxylation is 1. The van der Waals surface area contributed by atoms with Crippen molar-refractivity contribution in [3.05, 3.63) is 105 Å². The van der Waals surface area contributed by atoms with E-state index in [0.717, 1.165) is 24.5 Å². The highest BCUT2D eigenvalue weighted by Crippen LogP contribution is 2.33. The van der Waals surface area contributed by atoms with Gasteiger partial charge in [0.15, 0.2) is 0 Å². The lowest BCUT2D eigenvalue weighted by atomic mass is 10.1. The van der Waals surface area contributed by atoms with Crippen molar-refractivity contribution in [3.63, 3.8) is 0 Å². The second-order valence-electron chi connectivity index (χ2n) is 9.32. The second-order valence-corrected chi connectivity index (χ2v) is 10.1. The van der Waals surface area contributed by atoms with Crippen LogP contribution in [0.25, 0.3) is 0 Å². The van der Waals surface area contributed by atoms with Crippen LogP contribution in [0.2, 0.25) is 5.02 Å². The summed E-state index contributed by atoms with van der Waals surface area (Å²) in [5.74, 6) is -1.23. The van der Waals surface area contributed by atoms with Crippen LogP contribution in [0.1, 0.15) is 21.5 Å². The van der Waals surface area contributed by atoms with Gasteiger partial charge in [0.1, 0.15) is 10.7 Å². The fourth-order valence-corrected chi connectivity index (χ4v) is 5.01. The molecule has 0 radical (unpaired) electrons. The molecule has 0 spiro atoms. The molecule has 7 nitrogen and oxygen atoms in total. The van der Waals surface area contributed by atoms with Crippen LogP contribution in [-0.2, 0) is 16.1 Å². The van der Waals surface area contributed by atoms with Gasteiger partial charge in [0.05, 0.1) is 5.69 Å². The summed E-state index contributed by atoms with van der Waals surface area (Å²) in [6.45, 7) is 5.59. The van der Waals surface area contributed by atoms with Gasteiger partial charge in [-0.25, -0.2) is 4.90 Å². The van der Waals surface area contributed by atoms with E-state index in [2.05, 4.69) is 22.3 Å². The van der Waals surface area contributed by atoms with Crippen LogP contribution in [0.3, 0.4) is 0 Å². The number of hydrogen-bond acceptors (Lipinski definition) is 5. The zero-order valence-corrected chi connectivity index (χ0v) is 22.3. The van der Waals surface area contributed by atoms with Crippen LogP contribution in [-0.4, -0.2) is 53.7 Å². The molecule has 1 N–H and O–H groups in total. The normalized spacial score (nSPS) is 16.4. The van der Waals surface area contributed by atoms with Crippen molar-refractivity contribution in [3.8, 4) is 0 Å². The van der Waals surface area contributed by atoms with E-state index < -0.39 is 11.8 Å². The number of piperazine rings is 1. The molecule has 3 aromatic rings. The van der Waals surface area contributed by atoms with Crippen molar-refractivity contribution in [2.75, 3.05) is 36.4 Å². The molecule has 38 heavy (non-hydrogen) atoms.